The Labute approximate surface area is 146 Å². The molecule has 0 aromatic heterocycles. The van der Waals surface area contributed by atoms with E-state index in [0.717, 1.165) is 16.8 Å². The van der Waals surface area contributed by atoms with Crippen molar-refractivity contribution in [2.45, 2.75) is 13.5 Å². The maximum absolute atomic E-state index is 12.0. The lowest BCUT2D eigenvalue weighted by Gasteiger charge is -2.14. The van der Waals surface area contributed by atoms with Crippen LogP contribution in [0.25, 0.3) is 0 Å². The number of hydrogen-bond donors (Lipinski definition) is 2. The van der Waals surface area contributed by atoms with Gasteiger partial charge in [-0.3, -0.25) is 4.79 Å². The predicted molar refractivity (Wildman–Crippen MR) is 96.1 cm³/mol. The van der Waals surface area contributed by atoms with Gasteiger partial charge in [0.25, 0.3) is 5.91 Å². The summed E-state index contributed by atoms with van der Waals surface area (Å²) in [5, 5.41) is 6.22. The first kappa shape index (κ1) is 18.1. The van der Waals surface area contributed by atoms with Crippen LogP contribution in [0.15, 0.2) is 36.4 Å². The summed E-state index contributed by atoms with van der Waals surface area (Å²) in [5.74, 6) is 0.588. The number of benzene rings is 2. The fourth-order valence-electron chi connectivity index (χ4n) is 2.19. The standard InChI is InChI=1S/C18H21ClN2O3/c1-12-4-6-14(7-5-12)21-17(22)11-24-18-15(19)8-13(10-20-2)9-16(18)23-3/h4-9,20H,10-11H2,1-3H3,(H,21,22). The van der Waals surface area contributed by atoms with Crippen LogP contribution in [0.2, 0.25) is 5.02 Å². The van der Waals surface area contributed by atoms with Crippen LogP contribution in [-0.2, 0) is 11.3 Å². The Kier molecular flexibility index (Phi) is 6.46. The van der Waals surface area contributed by atoms with Gasteiger partial charge in [-0.15, -0.1) is 0 Å². The monoisotopic (exact) mass is 348 g/mol. The number of hydrogen-bond acceptors (Lipinski definition) is 4. The fraction of sp³-hybridized carbons (Fsp3) is 0.278. The zero-order chi connectivity index (χ0) is 17.5. The molecular weight excluding hydrogens is 328 g/mol. The third-order valence-corrected chi connectivity index (χ3v) is 3.63. The number of nitrogens with one attached hydrogen (secondary N) is 2. The maximum Gasteiger partial charge on any atom is 0.262 e. The lowest BCUT2D eigenvalue weighted by Crippen LogP contribution is -2.20. The van der Waals surface area contributed by atoms with Crippen molar-refractivity contribution in [1.29, 1.82) is 0 Å². The molecule has 2 aromatic rings. The summed E-state index contributed by atoms with van der Waals surface area (Å²) in [6.45, 7) is 2.49. The highest BCUT2D eigenvalue weighted by Gasteiger charge is 2.14. The second kappa shape index (κ2) is 8.57. The van der Waals surface area contributed by atoms with Crippen LogP contribution in [0.3, 0.4) is 0 Å². The van der Waals surface area contributed by atoms with Crippen LogP contribution < -0.4 is 20.1 Å². The van der Waals surface area contributed by atoms with E-state index in [1.165, 1.54) is 7.11 Å². The van der Waals surface area contributed by atoms with Gasteiger partial charge in [-0.25, -0.2) is 0 Å². The molecule has 2 aromatic carbocycles. The van der Waals surface area contributed by atoms with Gasteiger partial charge in [0.2, 0.25) is 0 Å². The maximum atomic E-state index is 12.0. The van der Waals surface area contributed by atoms with E-state index >= 15 is 0 Å². The Morgan fingerprint density at radius 3 is 2.54 bits per heavy atom. The fourth-order valence-corrected chi connectivity index (χ4v) is 2.48. The van der Waals surface area contributed by atoms with E-state index in [1.807, 2.05) is 44.3 Å². The van der Waals surface area contributed by atoms with Crippen LogP contribution in [0.4, 0.5) is 5.69 Å². The average molecular weight is 349 g/mol. The molecule has 0 saturated heterocycles. The highest BCUT2D eigenvalue weighted by molar-refractivity contribution is 6.32. The normalized spacial score (nSPS) is 10.3. The van der Waals surface area contributed by atoms with Gasteiger partial charge in [0, 0.05) is 12.2 Å². The number of halogens is 1. The molecule has 1 amide bonds. The number of ether oxygens (including phenoxy) is 2. The molecule has 6 heteroatoms. The lowest BCUT2D eigenvalue weighted by atomic mass is 10.2. The Morgan fingerprint density at radius 1 is 1.21 bits per heavy atom. The van der Waals surface area contributed by atoms with Gasteiger partial charge in [-0.2, -0.15) is 0 Å². The number of aryl methyl sites for hydroxylation is 1. The molecule has 0 aliphatic rings. The number of anilines is 1. The van der Waals surface area contributed by atoms with Gasteiger partial charge in [0.15, 0.2) is 18.1 Å². The first-order chi connectivity index (χ1) is 11.5. The molecular formula is C18H21ClN2O3. The second-order valence-electron chi connectivity index (χ2n) is 5.34. The van der Waals surface area contributed by atoms with Crippen LogP contribution >= 0.6 is 11.6 Å². The third kappa shape index (κ3) is 4.88. The zero-order valence-corrected chi connectivity index (χ0v) is 14.7. The molecule has 0 unspecified atom stereocenters. The first-order valence-corrected chi connectivity index (χ1v) is 7.91. The Morgan fingerprint density at radius 2 is 1.92 bits per heavy atom. The molecule has 0 bridgehead atoms. The van der Waals surface area contributed by atoms with Crippen molar-refractivity contribution in [3.05, 3.63) is 52.5 Å². The largest absolute Gasteiger partial charge is 0.493 e. The summed E-state index contributed by atoms with van der Waals surface area (Å²) in [6.07, 6.45) is 0. The van der Waals surface area contributed by atoms with Crippen molar-refractivity contribution >= 4 is 23.2 Å². The van der Waals surface area contributed by atoms with Crippen LogP contribution in [0.5, 0.6) is 11.5 Å². The molecule has 24 heavy (non-hydrogen) atoms. The SMILES string of the molecule is CNCc1cc(Cl)c(OCC(=O)Nc2ccc(C)cc2)c(OC)c1. The van der Waals surface area contributed by atoms with E-state index in [2.05, 4.69) is 10.6 Å². The highest BCUT2D eigenvalue weighted by atomic mass is 35.5. The van der Waals surface area contributed by atoms with Gasteiger partial charge in [0.1, 0.15) is 0 Å². The third-order valence-electron chi connectivity index (χ3n) is 3.35. The number of carbonyl (C=O) groups excluding carboxylic acids is 1. The molecule has 0 saturated carbocycles. The highest BCUT2D eigenvalue weighted by Crippen LogP contribution is 2.36. The summed E-state index contributed by atoms with van der Waals surface area (Å²) < 4.78 is 10.9. The molecule has 0 atom stereocenters. The summed E-state index contributed by atoms with van der Waals surface area (Å²) in [6, 6.07) is 11.2. The number of amides is 1. The molecule has 0 aliphatic heterocycles. The molecule has 5 nitrogen and oxygen atoms in total. The van der Waals surface area contributed by atoms with E-state index in [0.29, 0.717) is 23.1 Å². The van der Waals surface area contributed by atoms with Gasteiger partial charge >= 0.3 is 0 Å². The summed E-state index contributed by atoms with van der Waals surface area (Å²) in [4.78, 5) is 12.0. The van der Waals surface area contributed by atoms with Crippen molar-refractivity contribution in [2.75, 3.05) is 26.1 Å². The summed E-state index contributed by atoms with van der Waals surface area (Å²) >= 11 is 6.25. The quantitative estimate of drug-likeness (QED) is 0.805. The smallest absolute Gasteiger partial charge is 0.262 e. The zero-order valence-electron chi connectivity index (χ0n) is 14.0. The van der Waals surface area contributed by atoms with E-state index in [1.54, 1.807) is 6.07 Å². The van der Waals surface area contributed by atoms with Crippen LogP contribution in [-0.4, -0.2) is 26.7 Å². The molecule has 128 valence electrons. The van der Waals surface area contributed by atoms with Gasteiger partial charge in [-0.05, 0) is 43.8 Å². The second-order valence-corrected chi connectivity index (χ2v) is 5.75. The number of methoxy groups -OCH3 is 1. The Bertz CT molecular complexity index is 702. The van der Waals surface area contributed by atoms with Gasteiger partial charge < -0.3 is 20.1 Å². The van der Waals surface area contributed by atoms with E-state index in [4.69, 9.17) is 21.1 Å². The predicted octanol–water partition coefficient (Wildman–Crippen LogP) is 3.39. The van der Waals surface area contributed by atoms with E-state index in [9.17, 15) is 4.79 Å². The summed E-state index contributed by atoms with van der Waals surface area (Å²) in [7, 11) is 3.38. The topological polar surface area (TPSA) is 59.6 Å². The summed E-state index contributed by atoms with van der Waals surface area (Å²) in [5.41, 5.74) is 2.81. The minimum atomic E-state index is -0.267. The van der Waals surface area contributed by atoms with E-state index < -0.39 is 0 Å². The number of carbonyl (C=O) groups is 1. The molecule has 0 heterocycles. The average Bonchev–Trinajstić information content (AvgIpc) is 2.56. The van der Waals surface area contributed by atoms with Crippen molar-refractivity contribution < 1.29 is 14.3 Å². The number of rotatable bonds is 7. The van der Waals surface area contributed by atoms with Gasteiger partial charge in [0.05, 0.1) is 12.1 Å². The molecule has 0 aliphatic carbocycles. The van der Waals surface area contributed by atoms with Gasteiger partial charge in [-0.1, -0.05) is 29.3 Å². The van der Waals surface area contributed by atoms with Crippen LogP contribution in [0.1, 0.15) is 11.1 Å². The molecule has 2 rings (SSSR count). The minimum Gasteiger partial charge on any atom is -0.493 e. The first-order valence-electron chi connectivity index (χ1n) is 7.54. The van der Waals surface area contributed by atoms with E-state index in [-0.39, 0.29) is 12.5 Å². The van der Waals surface area contributed by atoms with Crippen molar-refractivity contribution in [1.82, 2.24) is 5.32 Å². The molecule has 0 fully saturated rings. The van der Waals surface area contributed by atoms with Crippen LogP contribution in [0, 0.1) is 6.92 Å². The van der Waals surface area contributed by atoms with Crippen molar-refractivity contribution in [3.63, 3.8) is 0 Å². The molecule has 0 spiro atoms. The molecule has 0 radical (unpaired) electrons. The van der Waals surface area contributed by atoms with Crippen molar-refractivity contribution in [3.8, 4) is 11.5 Å². The van der Waals surface area contributed by atoms with Crippen molar-refractivity contribution in [2.24, 2.45) is 0 Å². The Hall–Kier alpha value is -2.24. The molecule has 2 N–H and O–H groups in total. The minimum absolute atomic E-state index is 0.157. The Balaban J connectivity index is 2.02. The lowest BCUT2D eigenvalue weighted by molar-refractivity contribution is -0.118.